The van der Waals surface area contributed by atoms with E-state index in [1.165, 1.54) is 12.1 Å². The minimum atomic E-state index is -4.50. The van der Waals surface area contributed by atoms with Crippen LogP contribution in [0.1, 0.15) is 29.5 Å². The number of morpholine rings is 1. The molecule has 1 saturated heterocycles. The summed E-state index contributed by atoms with van der Waals surface area (Å²) in [5.41, 5.74) is 0.120. The molecule has 1 aliphatic heterocycles. The average molecular weight is 483 g/mol. The molecule has 1 N–H and O–H groups in total. The highest BCUT2D eigenvalue weighted by Gasteiger charge is 2.51. The van der Waals surface area contributed by atoms with Gasteiger partial charge in [0.15, 0.2) is 0 Å². The Morgan fingerprint density at radius 1 is 1.13 bits per heavy atom. The lowest BCUT2D eigenvalue weighted by Crippen LogP contribution is -2.36. The molecular weight excluding hydrogens is 461 g/mol. The predicted octanol–water partition coefficient (Wildman–Crippen LogP) is 4.65. The molecular formula is C22H22BrF3N2O2. The van der Waals surface area contributed by atoms with Crippen molar-refractivity contribution in [2.75, 3.05) is 31.2 Å². The van der Waals surface area contributed by atoms with E-state index < -0.39 is 17.2 Å². The summed E-state index contributed by atoms with van der Waals surface area (Å²) in [6.45, 7) is 1.95. The monoisotopic (exact) mass is 482 g/mol. The largest absolute Gasteiger partial charge is 0.416 e. The molecule has 1 aliphatic carbocycles. The Morgan fingerprint density at radius 3 is 2.50 bits per heavy atom. The van der Waals surface area contributed by atoms with Crippen LogP contribution in [0.15, 0.2) is 46.9 Å². The van der Waals surface area contributed by atoms with Crippen LogP contribution in [0.4, 0.5) is 18.9 Å². The Hall–Kier alpha value is -2.06. The summed E-state index contributed by atoms with van der Waals surface area (Å²) in [6.07, 6.45) is -3.11. The number of halogens is 4. The van der Waals surface area contributed by atoms with E-state index >= 15 is 0 Å². The van der Waals surface area contributed by atoms with Gasteiger partial charge in [-0.1, -0.05) is 34.1 Å². The Kier molecular flexibility index (Phi) is 5.81. The van der Waals surface area contributed by atoms with Crippen LogP contribution < -0.4 is 10.2 Å². The van der Waals surface area contributed by atoms with E-state index in [4.69, 9.17) is 4.74 Å². The van der Waals surface area contributed by atoms with Crippen LogP contribution in [-0.4, -0.2) is 32.2 Å². The van der Waals surface area contributed by atoms with Gasteiger partial charge in [0.1, 0.15) is 0 Å². The summed E-state index contributed by atoms with van der Waals surface area (Å²) in [5.74, 6) is -0.231. The third-order valence-corrected chi connectivity index (χ3v) is 6.27. The molecule has 0 bridgehead atoms. The Morgan fingerprint density at radius 2 is 1.87 bits per heavy atom. The van der Waals surface area contributed by atoms with Crippen molar-refractivity contribution in [2.24, 2.45) is 0 Å². The summed E-state index contributed by atoms with van der Waals surface area (Å²) in [7, 11) is 0. The van der Waals surface area contributed by atoms with Gasteiger partial charge in [0, 0.05) is 29.8 Å². The molecule has 1 saturated carbocycles. The number of hydrogen-bond acceptors (Lipinski definition) is 3. The van der Waals surface area contributed by atoms with Crippen molar-refractivity contribution < 1.29 is 22.7 Å². The molecule has 30 heavy (non-hydrogen) atoms. The second-order valence-corrected chi connectivity index (χ2v) is 8.63. The maximum atomic E-state index is 13.7. The van der Waals surface area contributed by atoms with Gasteiger partial charge in [0.25, 0.3) is 0 Å². The topological polar surface area (TPSA) is 41.6 Å². The summed E-state index contributed by atoms with van der Waals surface area (Å²) >= 11 is 3.41. The normalized spacial score (nSPS) is 18.2. The van der Waals surface area contributed by atoms with Gasteiger partial charge in [-0.2, -0.15) is 13.2 Å². The molecule has 0 unspecified atom stereocenters. The maximum absolute atomic E-state index is 13.7. The first-order chi connectivity index (χ1) is 14.3. The molecule has 0 radical (unpaired) electrons. The van der Waals surface area contributed by atoms with E-state index in [2.05, 4.69) is 21.2 Å². The number of benzene rings is 2. The van der Waals surface area contributed by atoms with Gasteiger partial charge < -0.3 is 15.0 Å². The summed E-state index contributed by atoms with van der Waals surface area (Å²) < 4.78 is 47.3. The standard InChI is InChI=1S/C22H22BrF3N2O2/c23-17-3-1-2-16(12-17)21(6-7-21)20(29)27-14-15-4-5-18(13-19(15)22(24,25)26)28-8-10-30-11-9-28/h1-5,12-13H,6-11,14H2,(H,27,29). The van der Waals surface area contributed by atoms with Gasteiger partial charge in [-0.3, -0.25) is 4.79 Å². The lowest BCUT2D eigenvalue weighted by Gasteiger charge is -2.29. The van der Waals surface area contributed by atoms with Gasteiger partial charge in [0.2, 0.25) is 5.91 Å². The van der Waals surface area contributed by atoms with E-state index in [0.717, 1.165) is 10.0 Å². The molecule has 0 aromatic heterocycles. The molecule has 1 heterocycles. The number of nitrogens with one attached hydrogen (secondary N) is 1. The van der Waals surface area contributed by atoms with Gasteiger partial charge in [-0.15, -0.1) is 0 Å². The van der Waals surface area contributed by atoms with E-state index in [0.29, 0.717) is 44.8 Å². The minimum Gasteiger partial charge on any atom is -0.378 e. The van der Waals surface area contributed by atoms with Crippen molar-refractivity contribution >= 4 is 27.5 Å². The zero-order chi connectivity index (χ0) is 21.4. The third kappa shape index (κ3) is 4.34. The molecule has 0 atom stereocenters. The number of carbonyl (C=O) groups excluding carboxylic acids is 1. The summed E-state index contributed by atoms with van der Waals surface area (Å²) in [6, 6.07) is 11.8. The molecule has 8 heteroatoms. The Bertz CT molecular complexity index is 938. The molecule has 2 aromatic rings. The lowest BCUT2D eigenvalue weighted by atomic mass is 9.95. The first kappa shape index (κ1) is 21.2. The van der Waals surface area contributed by atoms with Crippen LogP contribution >= 0.6 is 15.9 Å². The SMILES string of the molecule is O=C(NCc1ccc(N2CCOCC2)cc1C(F)(F)F)C1(c2cccc(Br)c2)CC1. The van der Waals surface area contributed by atoms with E-state index in [1.807, 2.05) is 29.2 Å². The highest BCUT2D eigenvalue weighted by atomic mass is 79.9. The number of anilines is 1. The quantitative estimate of drug-likeness (QED) is 0.674. The van der Waals surface area contributed by atoms with Crippen molar-refractivity contribution in [1.82, 2.24) is 5.32 Å². The van der Waals surface area contributed by atoms with Crippen molar-refractivity contribution in [2.45, 2.75) is 31.0 Å². The summed E-state index contributed by atoms with van der Waals surface area (Å²) in [4.78, 5) is 14.7. The van der Waals surface area contributed by atoms with Crippen LogP contribution in [-0.2, 0) is 27.7 Å². The van der Waals surface area contributed by atoms with Crippen LogP contribution in [0.5, 0.6) is 0 Å². The van der Waals surface area contributed by atoms with Crippen molar-refractivity contribution in [3.8, 4) is 0 Å². The Labute approximate surface area is 181 Å². The van der Waals surface area contributed by atoms with E-state index in [9.17, 15) is 18.0 Å². The first-order valence-corrected chi connectivity index (χ1v) is 10.7. The fourth-order valence-corrected chi connectivity index (χ4v) is 4.30. The number of alkyl halides is 3. The zero-order valence-corrected chi connectivity index (χ0v) is 17.9. The molecule has 2 aromatic carbocycles. The molecule has 1 amide bonds. The van der Waals surface area contributed by atoms with Gasteiger partial charge in [-0.05, 0) is 48.2 Å². The molecule has 4 nitrogen and oxygen atoms in total. The molecule has 2 aliphatic rings. The van der Waals surface area contributed by atoms with E-state index in [1.54, 1.807) is 6.07 Å². The van der Waals surface area contributed by atoms with Crippen molar-refractivity contribution in [3.05, 3.63) is 63.6 Å². The second kappa shape index (κ2) is 8.23. The lowest BCUT2D eigenvalue weighted by molar-refractivity contribution is -0.138. The fraction of sp³-hybridized carbons (Fsp3) is 0.409. The van der Waals surface area contributed by atoms with Crippen LogP contribution in [0.2, 0.25) is 0 Å². The average Bonchev–Trinajstić information content (AvgIpc) is 3.54. The minimum absolute atomic E-state index is 0.0675. The number of ether oxygens (including phenoxy) is 1. The van der Waals surface area contributed by atoms with Gasteiger partial charge in [-0.25, -0.2) is 0 Å². The number of nitrogens with zero attached hydrogens (tertiary/aromatic N) is 1. The first-order valence-electron chi connectivity index (χ1n) is 9.87. The zero-order valence-electron chi connectivity index (χ0n) is 16.3. The van der Waals surface area contributed by atoms with Crippen LogP contribution in [0, 0.1) is 0 Å². The molecule has 0 spiro atoms. The van der Waals surface area contributed by atoms with Crippen molar-refractivity contribution in [3.63, 3.8) is 0 Å². The fourth-order valence-electron chi connectivity index (χ4n) is 3.90. The smallest absolute Gasteiger partial charge is 0.378 e. The second-order valence-electron chi connectivity index (χ2n) is 7.71. The predicted molar refractivity (Wildman–Crippen MR) is 111 cm³/mol. The van der Waals surface area contributed by atoms with Crippen molar-refractivity contribution in [1.29, 1.82) is 0 Å². The highest BCUT2D eigenvalue weighted by molar-refractivity contribution is 9.10. The number of rotatable bonds is 5. The van der Waals surface area contributed by atoms with E-state index in [-0.39, 0.29) is 18.0 Å². The third-order valence-electron chi connectivity index (χ3n) is 5.78. The number of hydrogen-bond donors (Lipinski definition) is 1. The molecule has 2 fully saturated rings. The maximum Gasteiger partial charge on any atom is 0.416 e. The van der Waals surface area contributed by atoms with Gasteiger partial charge in [0.05, 0.1) is 24.2 Å². The number of carbonyl (C=O) groups is 1. The molecule has 4 rings (SSSR count). The Balaban J connectivity index is 1.52. The van der Waals surface area contributed by atoms with Gasteiger partial charge >= 0.3 is 6.18 Å². The summed E-state index contributed by atoms with van der Waals surface area (Å²) in [5, 5.41) is 2.74. The van der Waals surface area contributed by atoms with Crippen LogP contribution in [0.3, 0.4) is 0 Å². The molecule has 160 valence electrons. The number of amides is 1. The highest BCUT2D eigenvalue weighted by Crippen LogP contribution is 2.49. The van der Waals surface area contributed by atoms with Crippen LogP contribution in [0.25, 0.3) is 0 Å².